The molecule has 0 bridgehead atoms. The van der Waals surface area contributed by atoms with Crippen LogP contribution >= 0.6 is 0 Å². The summed E-state index contributed by atoms with van der Waals surface area (Å²) in [4.78, 5) is 0. The Labute approximate surface area is 122 Å². The number of furan rings is 1. The molecule has 21 heavy (non-hydrogen) atoms. The minimum Gasteiger partial charge on any atom is -0.496 e. The highest BCUT2D eigenvalue weighted by molar-refractivity contribution is 5.86. The lowest BCUT2D eigenvalue weighted by atomic mass is 9.87. The van der Waals surface area contributed by atoms with Crippen molar-refractivity contribution in [2.24, 2.45) is 5.92 Å². The van der Waals surface area contributed by atoms with Crippen LogP contribution in [-0.4, -0.2) is 14.2 Å². The third-order valence-corrected chi connectivity index (χ3v) is 3.83. The highest BCUT2D eigenvalue weighted by atomic mass is 19.1. The Bertz CT molecular complexity index is 727. The minimum atomic E-state index is -0.200. The first-order valence-corrected chi connectivity index (χ1v) is 6.83. The van der Waals surface area contributed by atoms with Crippen LogP contribution in [0, 0.1) is 5.92 Å². The van der Waals surface area contributed by atoms with Gasteiger partial charge in [-0.05, 0) is 24.1 Å². The van der Waals surface area contributed by atoms with E-state index in [0.717, 1.165) is 11.1 Å². The van der Waals surface area contributed by atoms with E-state index in [9.17, 15) is 4.39 Å². The average molecular weight is 288 g/mol. The number of fused-ring (bicyclic) bond motifs is 1. The van der Waals surface area contributed by atoms with Gasteiger partial charge in [0.1, 0.15) is 28.7 Å². The first-order valence-electron chi connectivity index (χ1n) is 6.83. The van der Waals surface area contributed by atoms with Gasteiger partial charge in [0, 0.05) is 18.1 Å². The smallest absolute Gasteiger partial charge is 0.141 e. The second kappa shape index (κ2) is 5.28. The number of allylic oxidation sites excluding steroid dienone is 4. The summed E-state index contributed by atoms with van der Waals surface area (Å²) in [6.45, 7) is 1.97. The number of halogens is 1. The Hall–Kier alpha value is -2.23. The summed E-state index contributed by atoms with van der Waals surface area (Å²) >= 11 is 0. The lowest BCUT2D eigenvalue weighted by molar-refractivity contribution is 0.396. The molecule has 0 amide bonds. The van der Waals surface area contributed by atoms with Crippen LogP contribution in [0.1, 0.15) is 18.6 Å². The van der Waals surface area contributed by atoms with Crippen LogP contribution in [0.3, 0.4) is 0 Å². The quantitative estimate of drug-likeness (QED) is 0.827. The van der Waals surface area contributed by atoms with Crippen molar-refractivity contribution < 1.29 is 18.3 Å². The van der Waals surface area contributed by atoms with Crippen LogP contribution in [0.2, 0.25) is 0 Å². The molecule has 0 aliphatic heterocycles. The zero-order valence-corrected chi connectivity index (χ0v) is 12.2. The maximum Gasteiger partial charge on any atom is 0.141 e. The third-order valence-electron chi connectivity index (χ3n) is 3.83. The molecule has 0 N–H and O–H groups in total. The number of hydrogen-bond acceptors (Lipinski definition) is 3. The number of benzene rings is 1. The second-order valence-corrected chi connectivity index (χ2v) is 5.19. The predicted molar refractivity (Wildman–Crippen MR) is 79.6 cm³/mol. The highest BCUT2D eigenvalue weighted by Crippen LogP contribution is 2.39. The van der Waals surface area contributed by atoms with Gasteiger partial charge in [0.05, 0.1) is 19.6 Å². The molecule has 4 heteroatoms. The van der Waals surface area contributed by atoms with E-state index in [0.29, 0.717) is 17.1 Å². The van der Waals surface area contributed by atoms with E-state index >= 15 is 0 Å². The molecule has 0 radical (unpaired) electrons. The Balaban J connectivity index is 2.07. The molecule has 0 spiro atoms. The van der Waals surface area contributed by atoms with Gasteiger partial charge >= 0.3 is 0 Å². The molecule has 0 fully saturated rings. The van der Waals surface area contributed by atoms with E-state index in [2.05, 4.69) is 0 Å². The molecule has 0 saturated carbocycles. The summed E-state index contributed by atoms with van der Waals surface area (Å²) in [6, 6.07) is 5.60. The normalized spacial score (nSPS) is 21.4. The fourth-order valence-electron chi connectivity index (χ4n) is 2.69. The maximum absolute atomic E-state index is 13.3. The topological polar surface area (TPSA) is 31.6 Å². The van der Waals surface area contributed by atoms with E-state index in [1.54, 1.807) is 20.3 Å². The zero-order chi connectivity index (χ0) is 15.0. The van der Waals surface area contributed by atoms with Crippen LogP contribution < -0.4 is 9.47 Å². The molecule has 2 aromatic rings. The van der Waals surface area contributed by atoms with Gasteiger partial charge in [0.15, 0.2) is 0 Å². The molecule has 110 valence electrons. The summed E-state index contributed by atoms with van der Waals surface area (Å²) < 4.78 is 29.8. The fraction of sp³-hybridized carbons (Fsp3) is 0.294. The van der Waals surface area contributed by atoms with Gasteiger partial charge in [-0.15, -0.1) is 0 Å². The monoisotopic (exact) mass is 288 g/mol. The van der Waals surface area contributed by atoms with E-state index in [4.69, 9.17) is 13.9 Å². The van der Waals surface area contributed by atoms with Crippen LogP contribution in [-0.2, 0) is 0 Å². The minimum absolute atomic E-state index is 0.0209. The molecule has 1 heterocycles. The van der Waals surface area contributed by atoms with Gasteiger partial charge in [-0.2, -0.15) is 0 Å². The lowest BCUT2D eigenvalue weighted by Gasteiger charge is -2.18. The Morgan fingerprint density at radius 3 is 2.62 bits per heavy atom. The largest absolute Gasteiger partial charge is 0.496 e. The summed E-state index contributed by atoms with van der Waals surface area (Å²) in [5.74, 6) is 2.04. The van der Waals surface area contributed by atoms with E-state index in [-0.39, 0.29) is 17.7 Å². The van der Waals surface area contributed by atoms with Crippen molar-refractivity contribution in [1.82, 2.24) is 0 Å². The molecule has 1 unspecified atom stereocenters. The highest BCUT2D eigenvalue weighted by Gasteiger charge is 2.23. The van der Waals surface area contributed by atoms with Crippen molar-refractivity contribution in [3.63, 3.8) is 0 Å². The van der Waals surface area contributed by atoms with Gasteiger partial charge in [-0.25, -0.2) is 4.39 Å². The molecule has 1 aliphatic rings. The van der Waals surface area contributed by atoms with Crippen LogP contribution in [0.5, 0.6) is 11.5 Å². The molecule has 2 atom stereocenters. The summed E-state index contributed by atoms with van der Waals surface area (Å²) in [6.07, 6.45) is 4.92. The standard InChI is InChI=1S/C17H17FO3/c1-10-6-11(18)4-5-13(10)17-9-14-15(20-3)7-12(19-2)8-16(14)21-17/h4-10,13H,1-3H3/t10-,13?/m1/s1. The third kappa shape index (κ3) is 2.42. The Morgan fingerprint density at radius 1 is 1.14 bits per heavy atom. The summed E-state index contributed by atoms with van der Waals surface area (Å²) in [5, 5.41) is 0.893. The first kappa shape index (κ1) is 13.7. The zero-order valence-electron chi connectivity index (χ0n) is 12.2. The fourth-order valence-corrected chi connectivity index (χ4v) is 2.69. The molecule has 1 aromatic heterocycles. The number of ether oxygens (including phenoxy) is 2. The van der Waals surface area contributed by atoms with E-state index in [1.807, 2.05) is 31.2 Å². The van der Waals surface area contributed by atoms with Gasteiger partial charge in [0.2, 0.25) is 0 Å². The molecule has 3 rings (SSSR count). The van der Waals surface area contributed by atoms with Crippen LogP contribution in [0.4, 0.5) is 4.39 Å². The predicted octanol–water partition coefficient (Wildman–Crippen LogP) is 4.59. The number of hydrogen-bond donors (Lipinski definition) is 0. The van der Waals surface area contributed by atoms with Crippen molar-refractivity contribution in [2.45, 2.75) is 12.8 Å². The van der Waals surface area contributed by atoms with Crippen molar-refractivity contribution >= 4 is 11.0 Å². The SMILES string of the molecule is COc1cc(OC)c2cc(C3C=CC(F)=C[C@H]3C)oc2c1. The van der Waals surface area contributed by atoms with Crippen LogP contribution in [0.25, 0.3) is 11.0 Å². The molecular formula is C17H17FO3. The van der Waals surface area contributed by atoms with Crippen LogP contribution in [0.15, 0.2) is 46.7 Å². The van der Waals surface area contributed by atoms with Crippen molar-refractivity contribution in [1.29, 1.82) is 0 Å². The molecule has 1 aromatic carbocycles. The van der Waals surface area contributed by atoms with Gasteiger partial charge in [0.25, 0.3) is 0 Å². The van der Waals surface area contributed by atoms with E-state index < -0.39 is 0 Å². The summed E-state index contributed by atoms with van der Waals surface area (Å²) in [5.41, 5.74) is 0.705. The Morgan fingerprint density at radius 2 is 1.95 bits per heavy atom. The molecular weight excluding hydrogens is 271 g/mol. The van der Waals surface area contributed by atoms with Gasteiger partial charge < -0.3 is 13.9 Å². The number of methoxy groups -OCH3 is 2. The van der Waals surface area contributed by atoms with Gasteiger partial charge in [-0.3, -0.25) is 0 Å². The Kier molecular flexibility index (Phi) is 3.45. The molecule has 0 saturated heterocycles. The lowest BCUT2D eigenvalue weighted by Crippen LogP contribution is -2.07. The number of rotatable bonds is 3. The van der Waals surface area contributed by atoms with E-state index in [1.165, 1.54) is 6.08 Å². The van der Waals surface area contributed by atoms with Crippen molar-refractivity contribution in [3.05, 3.63) is 48.0 Å². The summed E-state index contributed by atoms with van der Waals surface area (Å²) in [7, 11) is 3.21. The first-order chi connectivity index (χ1) is 10.1. The molecule has 3 nitrogen and oxygen atoms in total. The average Bonchev–Trinajstić information content (AvgIpc) is 2.89. The maximum atomic E-state index is 13.3. The van der Waals surface area contributed by atoms with Gasteiger partial charge in [-0.1, -0.05) is 13.0 Å². The molecule has 1 aliphatic carbocycles. The van der Waals surface area contributed by atoms with Crippen molar-refractivity contribution in [3.8, 4) is 11.5 Å². The van der Waals surface area contributed by atoms with Crippen molar-refractivity contribution in [2.75, 3.05) is 14.2 Å². The second-order valence-electron chi connectivity index (χ2n) is 5.19.